The highest BCUT2D eigenvalue weighted by molar-refractivity contribution is 5.61. The molecule has 2 aliphatic carbocycles. The Hall–Kier alpha value is -0.370. The SMILES string of the molecule is O=CC1(C2CCC2O)CCCC1. The van der Waals surface area contributed by atoms with E-state index < -0.39 is 0 Å². The highest BCUT2D eigenvalue weighted by Crippen LogP contribution is 2.50. The van der Waals surface area contributed by atoms with Gasteiger partial charge in [-0.05, 0) is 31.6 Å². The van der Waals surface area contributed by atoms with Gasteiger partial charge in [-0.15, -0.1) is 0 Å². The van der Waals surface area contributed by atoms with E-state index in [1.54, 1.807) is 0 Å². The van der Waals surface area contributed by atoms with Crippen molar-refractivity contribution in [3.05, 3.63) is 0 Å². The summed E-state index contributed by atoms with van der Waals surface area (Å²) in [6.07, 6.45) is 7.25. The molecule has 0 heterocycles. The van der Waals surface area contributed by atoms with Crippen LogP contribution in [-0.2, 0) is 4.79 Å². The second-order valence-electron chi connectivity index (χ2n) is 4.31. The number of hydrogen-bond donors (Lipinski definition) is 1. The van der Waals surface area contributed by atoms with Gasteiger partial charge in [0, 0.05) is 5.41 Å². The zero-order valence-corrected chi connectivity index (χ0v) is 7.33. The highest BCUT2D eigenvalue weighted by atomic mass is 16.3. The Balaban J connectivity index is 2.10. The summed E-state index contributed by atoms with van der Waals surface area (Å²) in [5.41, 5.74) is -0.127. The third-order valence-electron chi connectivity index (χ3n) is 3.75. The van der Waals surface area contributed by atoms with E-state index in [1.807, 2.05) is 0 Å². The summed E-state index contributed by atoms with van der Waals surface area (Å²) in [5.74, 6) is 0.289. The molecular weight excluding hydrogens is 152 g/mol. The van der Waals surface area contributed by atoms with Crippen molar-refractivity contribution in [2.45, 2.75) is 44.6 Å². The number of rotatable bonds is 2. The third-order valence-corrected chi connectivity index (χ3v) is 3.75. The molecule has 2 atom stereocenters. The van der Waals surface area contributed by atoms with Crippen molar-refractivity contribution in [2.24, 2.45) is 11.3 Å². The Kier molecular flexibility index (Phi) is 1.95. The van der Waals surface area contributed by atoms with E-state index in [0.29, 0.717) is 0 Å². The Bertz CT molecular complexity index is 182. The zero-order chi connectivity index (χ0) is 8.60. The Labute approximate surface area is 73.0 Å². The van der Waals surface area contributed by atoms with Crippen molar-refractivity contribution in [1.82, 2.24) is 0 Å². The molecule has 0 bridgehead atoms. The topological polar surface area (TPSA) is 37.3 Å². The molecule has 2 nitrogen and oxygen atoms in total. The first-order valence-corrected chi connectivity index (χ1v) is 4.93. The number of aliphatic hydroxyl groups is 1. The van der Waals surface area contributed by atoms with Crippen molar-refractivity contribution in [2.75, 3.05) is 0 Å². The lowest BCUT2D eigenvalue weighted by molar-refractivity contribution is -0.128. The summed E-state index contributed by atoms with van der Waals surface area (Å²) in [6, 6.07) is 0. The minimum atomic E-state index is -0.187. The standard InChI is InChI=1S/C10H16O2/c11-7-10(5-1-2-6-10)8-3-4-9(8)12/h7-9,12H,1-6H2. The molecule has 1 N–H and O–H groups in total. The lowest BCUT2D eigenvalue weighted by Gasteiger charge is -2.43. The Morgan fingerprint density at radius 1 is 1.25 bits per heavy atom. The minimum absolute atomic E-state index is 0.127. The van der Waals surface area contributed by atoms with E-state index in [4.69, 9.17) is 0 Å². The maximum atomic E-state index is 11.0. The van der Waals surface area contributed by atoms with Gasteiger partial charge in [-0.1, -0.05) is 12.8 Å². The van der Waals surface area contributed by atoms with Crippen LogP contribution < -0.4 is 0 Å². The molecule has 0 amide bonds. The lowest BCUT2D eigenvalue weighted by atomic mass is 9.63. The molecular formula is C10H16O2. The van der Waals surface area contributed by atoms with Crippen molar-refractivity contribution in [3.63, 3.8) is 0 Å². The molecule has 2 aliphatic rings. The molecule has 0 saturated heterocycles. The van der Waals surface area contributed by atoms with E-state index >= 15 is 0 Å². The summed E-state index contributed by atoms with van der Waals surface area (Å²) in [4.78, 5) is 11.0. The van der Waals surface area contributed by atoms with Crippen LogP contribution >= 0.6 is 0 Å². The first-order valence-electron chi connectivity index (χ1n) is 4.93. The van der Waals surface area contributed by atoms with Gasteiger partial charge in [-0.3, -0.25) is 0 Å². The fourth-order valence-corrected chi connectivity index (χ4v) is 2.76. The molecule has 2 heteroatoms. The van der Waals surface area contributed by atoms with Gasteiger partial charge in [0.1, 0.15) is 6.29 Å². The Morgan fingerprint density at radius 2 is 1.92 bits per heavy atom. The van der Waals surface area contributed by atoms with Gasteiger partial charge in [-0.2, -0.15) is 0 Å². The van der Waals surface area contributed by atoms with E-state index in [9.17, 15) is 9.90 Å². The fourth-order valence-electron chi connectivity index (χ4n) is 2.76. The molecule has 2 saturated carbocycles. The van der Waals surface area contributed by atoms with Gasteiger partial charge in [0.2, 0.25) is 0 Å². The van der Waals surface area contributed by atoms with Crippen LogP contribution in [0.3, 0.4) is 0 Å². The van der Waals surface area contributed by atoms with E-state index in [0.717, 1.165) is 32.0 Å². The van der Waals surface area contributed by atoms with E-state index in [1.165, 1.54) is 12.8 Å². The predicted octanol–water partition coefficient (Wildman–Crippen LogP) is 1.52. The summed E-state index contributed by atoms with van der Waals surface area (Å²) in [5, 5.41) is 9.51. The maximum Gasteiger partial charge on any atom is 0.126 e. The molecule has 0 radical (unpaired) electrons. The molecule has 0 aliphatic heterocycles. The molecule has 2 rings (SSSR count). The van der Waals surface area contributed by atoms with Crippen LogP contribution in [0.2, 0.25) is 0 Å². The van der Waals surface area contributed by atoms with Crippen LogP contribution in [0.4, 0.5) is 0 Å². The average Bonchev–Trinajstić information content (AvgIpc) is 2.51. The smallest absolute Gasteiger partial charge is 0.126 e. The van der Waals surface area contributed by atoms with Gasteiger partial charge in [-0.25, -0.2) is 0 Å². The molecule has 68 valence electrons. The van der Waals surface area contributed by atoms with Gasteiger partial charge in [0.15, 0.2) is 0 Å². The minimum Gasteiger partial charge on any atom is -0.393 e. The summed E-state index contributed by atoms with van der Waals surface area (Å²) in [6.45, 7) is 0. The number of carbonyl (C=O) groups excluding carboxylic acids is 1. The summed E-state index contributed by atoms with van der Waals surface area (Å²) >= 11 is 0. The van der Waals surface area contributed by atoms with E-state index in [-0.39, 0.29) is 17.4 Å². The molecule has 12 heavy (non-hydrogen) atoms. The van der Waals surface area contributed by atoms with Crippen molar-refractivity contribution in [3.8, 4) is 0 Å². The predicted molar refractivity (Wildman–Crippen MR) is 45.7 cm³/mol. The molecule has 2 fully saturated rings. The van der Waals surface area contributed by atoms with Crippen LogP contribution in [0.15, 0.2) is 0 Å². The van der Waals surface area contributed by atoms with Gasteiger partial charge in [0.25, 0.3) is 0 Å². The normalized spacial score (nSPS) is 39.1. The second kappa shape index (κ2) is 2.84. The molecule has 0 spiro atoms. The molecule has 2 unspecified atom stereocenters. The number of aliphatic hydroxyl groups excluding tert-OH is 1. The quantitative estimate of drug-likeness (QED) is 0.635. The maximum absolute atomic E-state index is 11.0. The van der Waals surface area contributed by atoms with Crippen LogP contribution in [0, 0.1) is 11.3 Å². The molecule has 0 aromatic carbocycles. The number of hydrogen-bond acceptors (Lipinski definition) is 2. The second-order valence-corrected chi connectivity index (χ2v) is 4.31. The zero-order valence-electron chi connectivity index (χ0n) is 7.33. The Morgan fingerprint density at radius 3 is 2.25 bits per heavy atom. The van der Waals surface area contributed by atoms with E-state index in [2.05, 4.69) is 0 Å². The number of aldehydes is 1. The van der Waals surface area contributed by atoms with Crippen molar-refractivity contribution < 1.29 is 9.90 Å². The first-order chi connectivity index (χ1) is 5.78. The van der Waals surface area contributed by atoms with Crippen LogP contribution in [0.1, 0.15) is 38.5 Å². The number of carbonyl (C=O) groups is 1. The molecule has 0 aromatic heterocycles. The summed E-state index contributed by atoms with van der Waals surface area (Å²) < 4.78 is 0. The summed E-state index contributed by atoms with van der Waals surface area (Å²) in [7, 11) is 0. The van der Waals surface area contributed by atoms with Gasteiger partial charge >= 0.3 is 0 Å². The van der Waals surface area contributed by atoms with Crippen molar-refractivity contribution >= 4 is 6.29 Å². The molecule has 0 aromatic rings. The third kappa shape index (κ3) is 1.01. The van der Waals surface area contributed by atoms with Crippen LogP contribution in [-0.4, -0.2) is 17.5 Å². The average molecular weight is 168 g/mol. The largest absolute Gasteiger partial charge is 0.393 e. The fraction of sp³-hybridized carbons (Fsp3) is 0.900. The van der Waals surface area contributed by atoms with Crippen LogP contribution in [0.25, 0.3) is 0 Å². The highest BCUT2D eigenvalue weighted by Gasteiger charge is 2.48. The van der Waals surface area contributed by atoms with Gasteiger partial charge < -0.3 is 9.90 Å². The van der Waals surface area contributed by atoms with Gasteiger partial charge in [0.05, 0.1) is 6.10 Å². The first kappa shape index (κ1) is 8.24. The monoisotopic (exact) mass is 168 g/mol. The van der Waals surface area contributed by atoms with Crippen molar-refractivity contribution in [1.29, 1.82) is 0 Å². The van der Waals surface area contributed by atoms with Crippen LogP contribution in [0.5, 0.6) is 0 Å². The lowest BCUT2D eigenvalue weighted by Crippen LogP contribution is -2.44.